The van der Waals surface area contributed by atoms with Crippen LogP contribution in [0.1, 0.15) is 38.5 Å². The lowest BCUT2D eigenvalue weighted by atomic mass is 9.45. The average Bonchev–Trinajstić information content (AvgIpc) is 2.74. The van der Waals surface area contributed by atoms with Crippen molar-refractivity contribution < 1.29 is 4.74 Å². The van der Waals surface area contributed by atoms with Crippen LogP contribution in [-0.4, -0.2) is 105 Å². The van der Waals surface area contributed by atoms with Gasteiger partial charge in [0.05, 0.1) is 5.60 Å². The number of hydrogen-bond donors (Lipinski definition) is 7. The van der Waals surface area contributed by atoms with Gasteiger partial charge in [-0.25, -0.2) is 0 Å². The van der Waals surface area contributed by atoms with Crippen LogP contribution in [0.15, 0.2) is 0 Å². The Hall–Kier alpha value is -0.320. The Bertz CT molecular complexity index is 425. The second kappa shape index (κ2) is 10.7. The molecule has 0 unspecified atom stereocenters. The predicted octanol–water partition coefficient (Wildman–Crippen LogP) is -0.522. The molecule has 4 aliphatic rings. The number of rotatable bonds is 12. The van der Waals surface area contributed by atoms with Crippen LogP contribution in [0.2, 0.25) is 0 Å². The Labute approximate surface area is 191 Å². The monoisotopic (exact) mass is 441 g/mol. The fraction of sp³-hybridized carbons (Fsp3) is 1.00. The summed E-state index contributed by atoms with van der Waals surface area (Å²) >= 11 is 0. The molecule has 184 valence electrons. The highest BCUT2D eigenvalue weighted by atomic mass is 16.5. The molecule has 4 aliphatic carbocycles. The number of ether oxygens (including phenoxy) is 1. The minimum atomic E-state index is 0.0454. The zero-order valence-corrected chi connectivity index (χ0v) is 21.5. The van der Waals surface area contributed by atoms with Crippen molar-refractivity contribution in [2.75, 3.05) is 82.6 Å². The van der Waals surface area contributed by atoms with Crippen LogP contribution < -0.4 is 37.2 Å². The number of methoxy groups -OCH3 is 1. The van der Waals surface area contributed by atoms with Crippen molar-refractivity contribution in [2.45, 2.75) is 60.7 Å². The van der Waals surface area contributed by atoms with E-state index in [9.17, 15) is 0 Å². The Morgan fingerprint density at radius 2 is 0.839 bits per heavy atom. The van der Waals surface area contributed by atoms with E-state index in [1.807, 2.05) is 35.3 Å². The molecule has 0 radical (unpaired) electrons. The van der Waals surface area contributed by atoms with E-state index in [1.54, 1.807) is 0 Å². The molecule has 4 fully saturated rings. The molecule has 0 heterocycles. The normalized spacial score (nSPS) is 36.4. The third kappa shape index (κ3) is 5.61. The Balaban J connectivity index is 0.000000235. The molecule has 4 bridgehead atoms. The molecule has 0 aromatic carbocycles. The molecule has 7 N–H and O–H groups in total. The quantitative estimate of drug-likeness (QED) is 0.218. The number of nitrogens with one attached hydrogen (secondary N) is 7. The molecule has 0 amide bonds. The lowest BCUT2D eigenvalue weighted by Gasteiger charge is -2.70. The molecule has 0 aliphatic heterocycles. The predicted molar refractivity (Wildman–Crippen MR) is 131 cm³/mol. The molecule has 0 aromatic heterocycles. The van der Waals surface area contributed by atoms with Crippen LogP contribution in [0.3, 0.4) is 0 Å². The van der Waals surface area contributed by atoms with E-state index >= 15 is 0 Å². The van der Waals surface area contributed by atoms with Crippen LogP contribution in [0.25, 0.3) is 0 Å². The fourth-order valence-corrected chi connectivity index (χ4v) is 7.43. The molecule has 0 spiro atoms. The van der Waals surface area contributed by atoms with Gasteiger partial charge in [-0.1, -0.05) is 0 Å². The van der Waals surface area contributed by atoms with Gasteiger partial charge >= 0.3 is 0 Å². The molecule has 0 saturated heterocycles. The molecule has 0 aromatic rings. The van der Waals surface area contributed by atoms with Crippen molar-refractivity contribution in [1.82, 2.24) is 37.2 Å². The summed E-state index contributed by atoms with van der Waals surface area (Å²) in [5, 5.41) is 23.9. The van der Waals surface area contributed by atoms with Crippen molar-refractivity contribution in [3.63, 3.8) is 0 Å². The third-order valence-corrected chi connectivity index (χ3v) is 8.24. The van der Waals surface area contributed by atoms with Crippen LogP contribution in [0.4, 0.5) is 0 Å². The highest BCUT2D eigenvalue weighted by molar-refractivity contribution is 5.27. The summed E-state index contributed by atoms with van der Waals surface area (Å²) in [4.78, 5) is 0. The van der Waals surface area contributed by atoms with E-state index in [0.717, 1.165) is 45.4 Å². The van der Waals surface area contributed by atoms with E-state index in [-0.39, 0.29) is 27.6 Å². The maximum absolute atomic E-state index is 6.01. The second-order valence-electron chi connectivity index (χ2n) is 10.7. The summed E-state index contributed by atoms with van der Waals surface area (Å²) in [5.41, 5.74) is 1.00. The number of hydrogen-bond acceptors (Lipinski definition) is 8. The smallest absolute Gasteiger partial charge is 0.0731 e. The van der Waals surface area contributed by atoms with Gasteiger partial charge in [0.25, 0.3) is 0 Å². The molecule has 4 rings (SSSR count). The Kier molecular flexibility index (Phi) is 9.33. The van der Waals surface area contributed by atoms with Gasteiger partial charge < -0.3 is 42.0 Å². The van der Waals surface area contributed by atoms with Gasteiger partial charge in [0.1, 0.15) is 0 Å². The fourth-order valence-electron chi connectivity index (χ4n) is 7.43. The van der Waals surface area contributed by atoms with Crippen molar-refractivity contribution >= 4 is 0 Å². The van der Waals surface area contributed by atoms with E-state index in [2.05, 4.69) is 58.4 Å². The van der Waals surface area contributed by atoms with Gasteiger partial charge in [0.2, 0.25) is 0 Å². The van der Waals surface area contributed by atoms with Gasteiger partial charge in [-0.2, -0.15) is 0 Å². The highest BCUT2D eigenvalue weighted by Gasteiger charge is 2.67. The third-order valence-electron chi connectivity index (χ3n) is 8.24. The summed E-state index contributed by atoms with van der Waals surface area (Å²) < 4.78 is 6.01. The zero-order chi connectivity index (χ0) is 23.2. The van der Waals surface area contributed by atoms with Crippen molar-refractivity contribution in [3.05, 3.63) is 0 Å². The van der Waals surface area contributed by atoms with Gasteiger partial charge in [0, 0.05) is 55.3 Å². The summed E-state index contributed by atoms with van der Waals surface area (Å²) in [6.07, 6.45) is 7.13. The minimum Gasteiger partial charge on any atom is -0.378 e. The summed E-state index contributed by atoms with van der Waals surface area (Å²) in [6, 6.07) is 0. The first-order valence-electron chi connectivity index (χ1n) is 11.9. The molecule has 8 heteroatoms. The first kappa shape index (κ1) is 26.9. The van der Waals surface area contributed by atoms with E-state index in [0.29, 0.717) is 0 Å². The second-order valence-corrected chi connectivity index (χ2v) is 10.7. The largest absolute Gasteiger partial charge is 0.378 e. The topological polar surface area (TPSA) is 93.4 Å². The SMILES string of the molecule is CNC12CC3(NC)CC(NC)(C1)CC(OC)(C2)C3.CNCC(CNC)(CNC)CNC. The molecule has 0 atom stereocenters. The Morgan fingerprint density at radius 3 is 1.03 bits per heavy atom. The van der Waals surface area contributed by atoms with Crippen molar-refractivity contribution in [2.24, 2.45) is 5.41 Å². The van der Waals surface area contributed by atoms with Gasteiger partial charge in [-0.15, -0.1) is 0 Å². The van der Waals surface area contributed by atoms with Crippen LogP contribution in [0.5, 0.6) is 0 Å². The van der Waals surface area contributed by atoms with E-state index < -0.39 is 0 Å². The summed E-state index contributed by atoms with van der Waals surface area (Å²) in [5.74, 6) is 0. The first-order chi connectivity index (χ1) is 14.7. The Morgan fingerprint density at radius 1 is 0.548 bits per heavy atom. The molecular formula is C23H51N7O. The first-order valence-corrected chi connectivity index (χ1v) is 11.9. The minimum absolute atomic E-state index is 0.0454. The van der Waals surface area contributed by atoms with Crippen LogP contribution >= 0.6 is 0 Å². The highest BCUT2D eigenvalue weighted by Crippen LogP contribution is 2.61. The average molecular weight is 442 g/mol. The van der Waals surface area contributed by atoms with Crippen molar-refractivity contribution in [3.8, 4) is 0 Å². The van der Waals surface area contributed by atoms with Gasteiger partial charge in [0.15, 0.2) is 0 Å². The van der Waals surface area contributed by atoms with Gasteiger partial charge in [-0.05, 0) is 87.9 Å². The standard InChI is InChI=1S/C14H27N3O.C9H24N4/c1-15-11-5-12(16-2)7-13(6-11,17-3)10-14(8-11,9-12)18-4;1-10-5-9(6-11-2,7-12-3)8-13-4/h15-17H,5-10H2,1-4H3;10-13H,5-8H2,1-4H3. The van der Waals surface area contributed by atoms with Gasteiger partial charge in [-0.3, -0.25) is 0 Å². The molecular weight excluding hydrogens is 390 g/mol. The van der Waals surface area contributed by atoms with Crippen molar-refractivity contribution in [1.29, 1.82) is 0 Å². The van der Waals surface area contributed by atoms with E-state index in [4.69, 9.17) is 4.74 Å². The lowest BCUT2D eigenvalue weighted by Crippen LogP contribution is -2.79. The van der Waals surface area contributed by atoms with E-state index in [1.165, 1.54) is 19.3 Å². The maximum atomic E-state index is 6.01. The summed E-state index contributed by atoms with van der Waals surface area (Å²) in [6.45, 7) is 4.04. The van der Waals surface area contributed by atoms with Crippen LogP contribution in [-0.2, 0) is 4.74 Å². The summed E-state index contributed by atoms with van der Waals surface area (Å²) in [7, 11) is 16.2. The zero-order valence-electron chi connectivity index (χ0n) is 21.5. The van der Waals surface area contributed by atoms with Crippen LogP contribution in [0, 0.1) is 5.41 Å². The lowest BCUT2D eigenvalue weighted by molar-refractivity contribution is -0.186. The molecule has 8 nitrogen and oxygen atoms in total. The maximum Gasteiger partial charge on any atom is 0.0731 e. The molecule has 4 saturated carbocycles. The molecule has 31 heavy (non-hydrogen) atoms.